The molecule has 2 aromatic heterocycles. The van der Waals surface area contributed by atoms with Crippen LogP contribution in [0.15, 0.2) is 8.94 Å². The number of rotatable bonds is 3. The number of amides is 2. The maximum Gasteiger partial charge on any atom is 0.290 e. The van der Waals surface area contributed by atoms with Gasteiger partial charge in [0, 0.05) is 24.6 Å². The van der Waals surface area contributed by atoms with Crippen molar-refractivity contribution in [2.45, 2.75) is 39.5 Å². The first kappa shape index (κ1) is 16.2. The number of piperidine rings is 1. The van der Waals surface area contributed by atoms with E-state index in [2.05, 4.69) is 10.1 Å². The van der Waals surface area contributed by atoms with Crippen LogP contribution in [0.2, 0.25) is 0 Å². The van der Waals surface area contributed by atoms with Crippen LogP contribution in [-0.2, 0) is 0 Å². The summed E-state index contributed by atoms with van der Waals surface area (Å²) in [5.41, 5.74) is 6.67. The summed E-state index contributed by atoms with van der Waals surface area (Å²) in [6.07, 6.45) is 1.39. The number of carbonyl (C=O) groups excluding carboxylic acids is 2. The second-order valence-corrected chi connectivity index (χ2v) is 6.10. The van der Waals surface area contributed by atoms with Crippen molar-refractivity contribution in [1.29, 1.82) is 0 Å². The summed E-state index contributed by atoms with van der Waals surface area (Å²) in [5, 5.41) is 3.56. The van der Waals surface area contributed by atoms with Gasteiger partial charge in [0.1, 0.15) is 11.5 Å². The topological polar surface area (TPSA) is 115 Å². The van der Waals surface area contributed by atoms with Crippen molar-refractivity contribution in [3.05, 3.63) is 34.4 Å². The molecule has 0 unspecified atom stereocenters. The molecule has 1 aliphatic rings. The number of primary amides is 1. The van der Waals surface area contributed by atoms with Crippen LogP contribution in [0.25, 0.3) is 0 Å². The van der Waals surface area contributed by atoms with Crippen molar-refractivity contribution in [3.63, 3.8) is 0 Å². The molecule has 3 rings (SSSR count). The summed E-state index contributed by atoms with van der Waals surface area (Å²) in [4.78, 5) is 29.6. The number of nitrogens with two attached hydrogens (primary N) is 1. The van der Waals surface area contributed by atoms with E-state index in [0.29, 0.717) is 43.1 Å². The van der Waals surface area contributed by atoms with E-state index >= 15 is 0 Å². The highest BCUT2D eigenvalue weighted by Gasteiger charge is 2.30. The second-order valence-electron chi connectivity index (χ2n) is 6.10. The van der Waals surface area contributed by atoms with Crippen molar-refractivity contribution in [3.8, 4) is 0 Å². The summed E-state index contributed by atoms with van der Waals surface area (Å²) in [5.74, 6) is 1.03. The lowest BCUT2D eigenvalue weighted by molar-refractivity contribution is 0.0702. The smallest absolute Gasteiger partial charge is 0.290 e. The largest absolute Gasteiger partial charge is 0.466 e. The number of likely N-dealkylation sites (tertiary alicyclic amines) is 1. The number of aryl methyl sites for hydroxylation is 2. The number of nitrogens with zero attached hydrogens (tertiary/aromatic N) is 3. The minimum atomic E-state index is -0.709. The molecule has 24 heavy (non-hydrogen) atoms. The third-order valence-corrected chi connectivity index (χ3v) is 4.57. The van der Waals surface area contributed by atoms with Crippen molar-refractivity contribution in [1.82, 2.24) is 15.0 Å². The summed E-state index contributed by atoms with van der Waals surface area (Å²) in [6.45, 7) is 6.73. The normalized spacial score (nSPS) is 15.7. The van der Waals surface area contributed by atoms with E-state index < -0.39 is 5.91 Å². The Morgan fingerprint density at radius 1 is 1.17 bits per heavy atom. The van der Waals surface area contributed by atoms with Gasteiger partial charge in [-0.05, 0) is 33.6 Å². The van der Waals surface area contributed by atoms with Gasteiger partial charge >= 0.3 is 0 Å². The standard InChI is InChI=1S/C16H20N4O4/c1-8-9(2)23-10(3)12(8)16(22)20-6-4-11(5-7-20)15-18-14(13(17)21)19-24-15/h11H,4-7H2,1-3H3,(H2,17,21). The van der Waals surface area contributed by atoms with E-state index in [9.17, 15) is 9.59 Å². The molecular weight excluding hydrogens is 312 g/mol. The van der Waals surface area contributed by atoms with Crippen molar-refractivity contribution in [2.75, 3.05) is 13.1 Å². The van der Waals surface area contributed by atoms with Crippen LogP contribution in [0, 0.1) is 20.8 Å². The fourth-order valence-electron chi connectivity index (χ4n) is 3.10. The second kappa shape index (κ2) is 6.10. The minimum Gasteiger partial charge on any atom is -0.466 e. The van der Waals surface area contributed by atoms with E-state index in [1.807, 2.05) is 25.7 Å². The fourth-order valence-corrected chi connectivity index (χ4v) is 3.10. The predicted molar refractivity (Wildman–Crippen MR) is 83.6 cm³/mol. The third kappa shape index (κ3) is 2.79. The Morgan fingerprint density at radius 3 is 2.33 bits per heavy atom. The van der Waals surface area contributed by atoms with Gasteiger partial charge in [-0.15, -0.1) is 0 Å². The minimum absolute atomic E-state index is 0.0105. The van der Waals surface area contributed by atoms with Gasteiger partial charge in [0.2, 0.25) is 5.89 Å². The Morgan fingerprint density at radius 2 is 1.83 bits per heavy atom. The average molecular weight is 332 g/mol. The Kier molecular flexibility index (Phi) is 4.13. The maximum absolute atomic E-state index is 12.7. The van der Waals surface area contributed by atoms with Crippen LogP contribution in [0.3, 0.4) is 0 Å². The molecule has 0 bridgehead atoms. The SMILES string of the molecule is Cc1oc(C)c(C(=O)N2CCC(c3nc(C(N)=O)no3)CC2)c1C. The molecule has 2 N–H and O–H groups in total. The molecular formula is C16H20N4O4. The first-order chi connectivity index (χ1) is 11.4. The average Bonchev–Trinajstić information content (AvgIpc) is 3.13. The van der Waals surface area contributed by atoms with Gasteiger partial charge in [-0.1, -0.05) is 5.16 Å². The molecule has 8 nitrogen and oxygen atoms in total. The molecule has 128 valence electrons. The highest BCUT2D eigenvalue weighted by atomic mass is 16.5. The quantitative estimate of drug-likeness (QED) is 0.914. The van der Waals surface area contributed by atoms with Gasteiger partial charge in [-0.2, -0.15) is 4.98 Å². The Hall–Kier alpha value is -2.64. The molecule has 2 aromatic rings. The van der Waals surface area contributed by atoms with Gasteiger partial charge in [-0.25, -0.2) is 0 Å². The molecule has 0 aromatic carbocycles. The number of furan rings is 1. The lowest BCUT2D eigenvalue weighted by atomic mass is 9.96. The van der Waals surface area contributed by atoms with Gasteiger partial charge in [-0.3, -0.25) is 9.59 Å². The fraction of sp³-hybridized carbons (Fsp3) is 0.500. The highest BCUT2D eigenvalue weighted by molar-refractivity contribution is 5.97. The van der Waals surface area contributed by atoms with Crippen molar-refractivity contribution < 1.29 is 18.5 Å². The van der Waals surface area contributed by atoms with Crippen LogP contribution in [0.5, 0.6) is 0 Å². The molecule has 1 saturated heterocycles. The molecule has 0 atom stereocenters. The summed E-state index contributed by atoms with van der Waals surface area (Å²) in [6, 6.07) is 0. The van der Waals surface area contributed by atoms with Crippen LogP contribution in [0.4, 0.5) is 0 Å². The number of carbonyl (C=O) groups is 2. The molecule has 1 aliphatic heterocycles. The molecule has 0 spiro atoms. The van der Waals surface area contributed by atoms with Gasteiger partial charge < -0.3 is 19.6 Å². The zero-order valence-corrected chi connectivity index (χ0v) is 14.0. The Balaban J connectivity index is 1.68. The molecule has 3 heterocycles. The zero-order chi connectivity index (χ0) is 17.4. The van der Waals surface area contributed by atoms with Gasteiger partial charge in [0.15, 0.2) is 0 Å². The van der Waals surface area contributed by atoms with E-state index in [1.54, 1.807) is 0 Å². The Labute approximate surface area is 139 Å². The number of hydrogen-bond acceptors (Lipinski definition) is 6. The van der Waals surface area contributed by atoms with E-state index in [0.717, 1.165) is 11.3 Å². The molecule has 0 saturated carbocycles. The van der Waals surface area contributed by atoms with Crippen LogP contribution >= 0.6 is 0 Å². The maximum atomic E-state index is 12.7. The third-order valence-electron chi connectivity index (χ3n) is 4.57. The van der Waals surface area contributed by atoms with Crippen LogP contribution in [0.1, 0.15) is 62.7 Å². The summed E-state index contributed by atoms with van der Waals surface area (Å²) < 4.78 is 10.7. The Bertz CT molecular complexity index is 784. The monoisotopic (exact) mass is 332 g/mol. The molecule has 8 heteroatoms. The van der Waals surface area contributed by atoms with Crippen molar-refractivity contribution >= 4 is 11.8 Å². The molecule has 2 amide bonds. The molecule has 0 aliphatic carbocycles. The number of aromatic nitrogens is 2. The van der Waals surface area contributed by atoms with E-state index in [4.69, 9.17) is 14.7 Å². The van der Waals surface area contributed by atoms with E-state index in [1.165, 1.54) is 0 Å². The number of hydrogen-bond donors (Lipinski definition) is 1. The summed E-state index contributed by atoms with van der Waals surface area (Å²) >= 11 is 0. The van der Waals surface area contributed by atoms with E-state index in [-0.39, 0.29) is 17.6 Å². The zero-order valence-electron chi connectivity index (χ0n) is 14.0. The lowest BCUT2D eigenvalue weighted by Gasteiger charge is -2.30. The predicted octanol–water partition coefficient (Wildman–Crippen LogP) is 1.71. The van der Waals surface area contributed by atoms with Crippen LogP contribution < -0.4 is 5.73 Å². The highest BCUT2D eigenvalue weighted by Crippen LogP contribution is 2.29. The lowest BCUT2D eigenvalue weighted by Crippen LogP contribution is -2.38. The van der Waals surface area contributed by atoms with Gasteiger partial charge in [0.25, 0.3) is 17.6 Å². The van der Waals surface area contributed by atoms with Crippen LogP contribution in [-0.4, -0.2) is 39.9 Å². The first-order valence-corrected chi connectivity index (χ1v) is 7.87. The van der Waals surface area contributed by atoms with Crippen molar-refractivity contribution in [2.24, 2.45) is 5.73 Å². The molecule has 1 fully saturated rings. The summed E-state index contributed by atoms with van der Waals surface area (Å²) in [7, 11) is 0. The first-order valence-electron chi connectivity index (χ1n) is 7.87. The van der Waals surface area contributed by atoms with Gasteiger partial charge in [0.05, 0.1) is 5.56 Å². The molecule has 0 radical (unpaired) electrons.